The van der Waals surface area contributed by atoms with Crippen molar-refractivity contribution in [3.8, 4) is 0 Å². The average molecular weight is 896 g/mol. The molecule has 69 heavy (non-hydrogen) atoms. The number of furan rings is 1. The van der Waals surface area contributed by atoms with Gasteiger partial charge in [-0.05, 0) is 113 Å². The number of fused-ring (bicyclic) bond motifs is 7. The molecule has 8 aromatic carbocycles. The van der Waals surface area contributed by atoms with Crippen LogP contribution in [0.2, 0.25) is 0 Å². The first kappa shape index (κ1) is 43.8. The van der Waals surface area contributed by atoms with Gasteiger partial charge in [-0.3, -0.25) is 0 Å². The lowest BCUT2D eigenvalue weighted by Crippen LogP contribution is -2.61. The molecule has 0 spiro atoms. The zero-order valence-electron chi connectivity index (χ0n) is 41.1. The molecule has 338 valence electrons. The number of anilines is 9. The van der Waals surface area contributed by atoms with Gasteiger partial charge in [-0.2, -0.15) is 0 Å². The fourth-order valence-corrected chi connectivity index (χ4v) is 10.8. The minimum absolute atomic E-state index is 0.0660. The van der Waals surface area contributed by atoms with Crippen molar-refractivity contribution in [1.29, 1.82) is 0 Å². The van der Waals surface area contributed by atoms with Crippen LogP contribution in [-0.2, 0) is 10.8 Å². The van der Waals surface area contributed by atoms with Gasteiger partial charge >= 0.3 is 0 Å². The highest BCUT2D eigenvalue weighted by Gasteiger charge is 2.45. The molecule has 0 saturated carbocycles. The van der Waals surface area contributed by atoms with Gasteiger partial charge in [0.05, 0.1) is 17.1 Å². The minimum Gasteiger partial charge on any atom is -0.454 e. The SMILES string of the molecule is C=C/C=C(\C=C)c1ccccc1N1c2ccc(C(C)(C)C)cc2B2c3cc(C)ccc3N(c3ccc(C)cc3)c3cc(N(c4ccccc4)c4cccc5c4oc4c(C(C)(C)C)cccc45)cc1c32. The Labute approximate surface area is 408 Å². The summed E-state index contributed by atoms with van der Waals surface area (Å²) in [5.41, 5.74) is 22.1. The van der Waals surface area contributed by atoms with Crippen molar-refractivity contribution in [2.75, 3.05) is 14.7 Å². The lowest BCUT2D eigenvalue weighted by atomic mass is 9.33. The Kier molecular flexibility index (Phi) is 10.5. The fourth-order valence-electron chi connectivity index (χ4n) is 10.8. The van der Waals surface area contributed by atoms with Crippen LogP contribution in [0.3, 0.4) is 0 Å². The molecule has 0 atom stereocenters. The molecule has 0 unspecified atom stereocenters. The van der Waals surface area contributed by atoms with Crippen molar-refractivity contribution < 1.29 is 4.42 Å². The largest absolute Gasteiger partial charge is 0.454 e. The molecule has 11 rings (SSSR count). The van der Waals surface area contributed by atoms with E-state index < -0.39 is 0 Å². The fraction of sp³-hybridized carbons (Fsp3) is 0.156. The average Bonchev–Trinajstić information content (AvgIpc) is 3.73. The molecule has 2 aliphatic heterocycles. The van der Waals surface area contributed by atoms with E-state index in [1.807, 2.05) is 12.2 Å². The molecule has 0 aliphatic carbocycles. The Morgan fingerprint density at radius 2 is 1.19 bits per heavy atom. The quantitative estimate of drug-likeness (QED) is 0.112. The normalized spacial score (nSPS) is 13.3. The highest BCUT2D eigenvalue weighted by Crippen LogP contribution is 2.51. The third-order valence-corrected chi connectivity index (χ3v) is 14.2. The summed E-state index contributed by atoms with van der Waals surface area (Å²) in [6, 6.07) is 60.7. The molecule has 0 amide bonds. The van der Waals surface area contributed by atoms with Crippen LogP contribution in [0.25, 0.3) is 27.5 Å². The molecule has 0 N–H and O–H groups in total. The van der Waals surface area contributed by atoms with E-state index in [0.29, 0.717) is 0 Å². The summed E-state index contributed by atoms with van der Waals surface area (Å²) in [5.74, 6) is 0. The first-order valence-corrected chi connectivity index (χ1v) is 24.2. The molecule has 0 bridgehead atoms. The lowest BCUT2D eigenvalue weighted by molar-refractivity contribution is 0.573. The summed E-state index contributed by atoms with van der Waals surface area (Å²) in [6.07, 6.45) is 5.85. The molecule has 4 nitrogen and oxygen atoms in total. The second-order valence-corrected chi connectivity index (χ2v) is 20.9. The monoisotopic (exact) mass is 895 g/mol. The summed E-state index contributed by atoms with van der Waals surface area (Å²) in [6.45, 7) is 26.5. The number of allylic oxidation sites excluding steroid dienone is 4. The van der Waals surface area contributed by atoms with Gasteiger partial charge in [-0.25, -0.2) is 0 Å². The van der Waals surface area contributed by atoms with Crippen LogP contribution >= 0.6 is 0 Å². The van der Waals surface area contributed by atoms with Crippen molar-refractivity contribution in [2.45, 2.75) is 66.2 Å². The molecule has 1 aromatic heterocycles. The Morgan fingerprint density at radius 1 is 0.551 bits per heavy atom. The maximum atomic E-state index is 7.19. The third-order valence-electron chi connectivity index (χ3n) is 14.2. The molecule has 2 aliphatic rings. The van der Waals surface area contributed by atoms with Gasteiger partial charge in [-0.15, -0.1) is 0 Å². The first-order valence-electron chi connectivity index (χ1n) is 24.2. The van der Waals surface area contributed by atoms with Gasteiger partial charge in [-0.1, -0.05) is 187 Å². The maximum absolute atomic E-state index is 7.19. The van der Waals surface area contributed by atoms with E-state index in [-0.39, 0.29) is 17.5 Å². The van der Waals surface area contributed by atoms with Crippen LogP contribution in [0.1, 0.15) is 69.4 Å². The summed E-state index contributed by atoms with van der Waals surface area (Å²) >= 11 is 0. The minimum atomic E-state index is -0.116. The number of aryl methyl sites for hydroxylation is 2. The molecule has 3 heterocycles. The number of nitrogens with zero attached hydrogens (tertiary/aromatic N) is 3. The number of para-hydroxylation sites is 4. The Hall–Kier alpha value is -7.76. The van der Waals surface area contributed by atoms with Crippen LogP contribution in [0.15, 0.2) is 200 Å². The van der Waals surface area contributed by atoms with Crippen molar-refractivity contribution in [3.05, 3.63) is 223 Å². The maximum Gasteiger partial charge on any atom is 0.252 e. The summed E-state index contributed by atoms with van der Waals surface area (Å²) in [7, 11) is 0. The van der Waals surface area contributed by atoms with E-state index in [9.17, 15) is 0 Å². The van der Waals surface area contributed by atoms with Crippen molar-refractivity contribution >= 4 is 102 Å². The van der Waals surface area contributed by atoms with Gasteiger partial charge in [0.25, 0.3) is 6.71 Å². The van der Waals surface area contributed by atoms with E-state index in [2.05, 4.69) is 253 Å². The topological polar surface area (TPSA) is 22.9 Å². The zero-order valence-corrected chi connectivity index (χ0v) is 41.1. The molecule has 9 aromatic rings. The number of hydrogen-bond donors (Lipinski definition) is 0. The summed E-state index contributed by atoms with van der Waals surface area (Å²) < 4.78 is 7.19. The van der Waals surface area contributed by atoms with Gasteiger partial charge < -0.3 is 19.1 Å². The molecule has 0 saturated heterocycles. The van der Waals surface area contributed by atoms with Crippen LogP contribution in [-0.4, -0.2) is 6.71 Å². The Balaban J connectivity index is 1.30. The highest BCUT2D eigenvalue weighted by atomic mass is 16.3. The van der Waals surface area contributed by atoms with Gasteiger partial charge in [0.2, 0.25) is 0 Å². The molecular weight excluding hydrogens is 838 g/mol. The predicted octanol–water partition coefficient (Wildman–Crippen LogP) is 16.1. The number of hydrogen-bond acceptors (Lipinski definition) is 4. The standard InChI is InChI=1S/C64H58BN3O/c1-11-20-43(12-2)48-23-16-17-27-54(48)68-56-36-32-44(63(5,6)7)38-53(56)65-52-37-42(4)31-35-55(52)67(46-33-29-41(3)30-34-46)58-39-47(40-59(68)60(58)65)66(45-21-14-13-15-22-45)57-28-19-25-50-49-24-18-26-51(64(8,9)10)61(49)69-62(50)57/h11-40H,1-2H2,3-10H3/b43-20+. The number of rotatable bonds is 8. The molecule has 5 heteroatoms. The van der Waals surface area contributed by atoms with E-state index in [4.69, 9.17) is 4.42 Å². The van der Waals surface area contributed by atoms with E-state index in [1.165, 1.54) is 44.3 Å². The van der Waals surface area contributed by atoms with Crippen molar-refractivity contribution in [1.82, 2.24) is 0 Å². The second kappa shape index (κ2) is 16.5. The third kappa shape index (κ3) is 7.22. The summed E-state index contributed by atoms with van der Waals surface area (Å²) in [4.78, 5) is 7.43. The Morgan fingerprint density at radius 3 is 1.90 bits per heavy atom. The second-order valence-electron chi connectivity index (χ2n) is 20.9. The van der Waals surface area contributed by atoms with E-state index >= 15 is 0 Å². The van der Waals surface area contributed by atoms with Crippen molar-refractivity contribution in [3.63, 3.8) is 0 Å². The van der Waals surface area contributed by atoms with Crippen LogP contribution in [0, 0.1) is 13.8 Å². The van der Waals surface area contributed by atoms with Crippen LogP contribution in [0.4, 0.5) is 51.2 Å². The molecule has 0 radical (unpaired) electrons. The zero-order chi connectivity index (χ0) is 47.9. The lowest BCUT2D eigenvalue weighted by Gasteiger charge is -2.45. The van der Waals surface area contributed by atoms with Crippen LogP contribution in [0.5, 0.6) is 0 Å². The summed E-state index contributed by atoms with van der Waals surface area (Å²) in [5, 5.41) is 2.21. The molecule has 0 fully saturated rings. The highest BCUT2D eigenvalue weighted by molar-refractivity contribution is 7.00. The smallest absolute Gasteiger partial charge is 0.252 e. The van der Waals surface area contributed by atoms with Gasteiger partial charge in [0, 0.05) is 56.0 Å². The van der Waals surface area contributed by atoms with E-state index in [1.54, 1.807) is 0 Å². The Bertz CT molecular complexity index is 3550. The van der Waals surface area contributed by atoms with Crippen LogP contribution < -0.4 is 31.1 Å². The predicted molar refractivity (Wildman–Crippen MR) is 298 cm³/mol. The van der Waals surface area contributed by atoms with Gasteiger partial charge in [0.1, 0.15) is 5.58 Å². The van der Waals surface area contributed by atoms with Gasteiger partial charge in [0.15, 0.2) is 5.58 Å². The number of benzene rings is 8. The van der Waals surface area contributed by atoms with Crippen molar-refractivity contribution in [2.24, 2.45) is 0 Å². The van der Waals surface area contributed by atoms with E-state index in [0.717, 1.165) is 78.6 Å². The molecular formula is C64H58BN3O. The first-order chi connectivity index (χ1) is 33.2.